The Morgan fingerprint density at radius 2 is 1.62 bits per heavy atom. The molecule has 1 aliphatic heterocycles. The predicted molar refractivity (Wildman–Crippen MR) is 168 cm³/mol. The first kappa shape index (κ1) is 30.9. The first-order chi connectivity index (χ1) is 20.2. The van der Waals surface area contributed by atoms with Crippen LogP contribution in [-0.4, -0.2) is 74.6 Å². The van der Waals surface area contributed by atoms with E-state index >= 15 is 0 Å². The molecule has 1 saturated carbocycles. The van der Waals surface area contributed by atoms with E-state index in [1.807, 2.05) is 68.5 Å². The summed E-state index contributed by atoms with van der Waals surface area (Å²) in [7, 11) is 6.00. The number of carbonyl (C=O) groups is 2. The van der Waals surface area contributed by atoms with E-state index in [9.17, 15) is 9.59 Å². The summed E-state index contributed by atoms with van der Waals surface area (Å²) in [6.45, 7) is 2.17. The zero-order valence-electron chi connectivity index (χ0n) is 24.9. The van der Waals surface area contributed by atoms with Gasteiger partial charge in [0.25, 0.3) is 5.91 Å². The summed E-state index contributed by atoms with van der Waals surface area (Å²) in [5.74, 6) is 1.05. The molecule has 4 N–H and O–H groups in total. The summed E-state index contributed by atoms with van der Waals surface area (Å²) in [6, 6.07) is 22.6. The highest BCUT2D eigenvalue weighted by atomic mass is 16.5. The number of amides is 1. The highest BCUT2D eigenvalue weighted by Crippen LogP contribution is 2.41. The Hall–Kier alpha value is -4.01. The SMILES string of the molecule is CN(C)C.N=C(c1ccc(OC2CCN(CC=O)CC2)cc1)c1cc(C(=O)NC(c2ccccc2)C2CC2)ccc1N. The van der Waals surface area contributed by atoms with Gasteiger partial charge in [-0.1, -0.05) is 30.3 Å². The number of likely N-dealkylation sites (tertiary alicyclic amines) is 1. The highest BCUT2D eigenvalue weighted by molar-refractivity contribution is 6.14. The lowest BCUT2D eigenvalue weighted by Gasteiger charge is -2.30. The standard InChI is InChI=1S/C31H34N4O3.C3H9N/c32-28-13-10-24(31(37)34-30(23-6-7-23)22-4-2-1-3-5-22)20-27(28)29(33)21-8-11-25(12-9-21)38-26-14-16-35(17-15-26)18-19-36;1-4(2)3/h1-5,8-13,19-20,23,26,30,33H,6-7,14-18,32H2,(H,34,37);1-3H3. The molecule has 1 unspecified atom stereocenters. The quantitative estimate of drug-likeness (QED) is 0.184. The van der Waals surface area contributed by atoms with Crippen molar-refractivity contribution in [3.8, 4) is 5.75 Å². The molecule has 8 nitrogen and oxygen atoms in total. The van der Waals surface area contributed by atoms with Gasteiger partial charge in [-0.15, -0.1) is 0 Å². The Bertz CT molecular complexity index is 1330. The van der Waals surface area contributed by atoms with E-state index < -0.39 is 0 Å². The molecule has 222 valence electrons. The molecule has 0 spiro atoms. The number of nitrogens with zero attached hydrogens (tertiary/aromatic N) is 2. The molecule has 1 saturated heterocycles. The van der Waals surface area contributed by atoms with Gasteiger partial charge in [0.2, 0.25) is 0 Å². The number of benzene rings is 3. The second-order valence-electron chi connectivity index (χ2n) is 11.5. The van der Waals surface area contributed by atoms with Crippen LogP contribution in [0.3, 0.4) is 0 Å². The molecule has 1 aliphatic carbocycles. The van der Waals surface area contributed by atoms with Crippen molar-refractivity contribution < 1.29 is 14.3 Å². The Labute approximate surface area is 249 Å². The average Bonchev–Trinajstić information content (AvgIpc) is 3.83. The molecule has 1 heterocycles. The number of ether oxygens (including phenoxy) is 1. The smallest absolute Gasteiger partial charge is 0.251 e. The van der Waals surface area contributed by atoms with Crippen molar-refractivity contribution >= 4 is 23.6 Å². The topological polar surface area (TPSA) is 112 Å². The van der Waals surface area contributed by atoms with Crippen molar-refractivity contribution in [2.24, 2.45) is 5.92 Å². The number of rotatable bonds is 10. The summed E-state index contributed by atoms with van der Waals surface area (Å²) in [5.41, 5.74) is 9.77. The molecule has 0 aromatic heterocycles. The molecular weight excluding hydrogens is 526 g/mol. The second-order valence-corrected chi connectivity index (χ2v) is 11.5. The van der Waals surface area contributed by atoms with E-state index in [0.717, 1.165) is 56.4 Å². The van der Waals surface area contributed by atoms with Crippen LogP contribution in [-0.2, 0) is 4.79 Å². The van der Waals surface area contributed by atoms with Crippen molar-refractivity contribution in [3.05, 3.63) is 95.1 Å². The maximum atomic E-state index is 13.2. The monoisotopic (exact) mass is 569 g/mol. The van der Waals surface area contributed by atoms with Gasteiger partial charge >= 0.3 is 0 Å². The molecular formula is C34H43N5O3. The van der Waals surface area contributed by atoms with Gasteiger partial charge in [0.05, 0.1) is 18.3 Å². The summed E-state index contributed by atoms with van der Waals surface area (Å²) in [5, 5.41) is 12.0. The maximum absolute atomic E-state index is 13.2. The second kappa shape index (κ2) is 14.8. The molecule has 42 heavy (non-hydrogen) atoms. The molecule has 8 heteroatoms. The van der Waals surface area contributed by atoms with Crippen LogP contribution in [0.25, 0.3) is 0 Å². The molecule has 0 bridgehead atoms. The number of hydrogen-bond acceptors (Lipinski definition) is 7. The number of nitrogens with one attached hydrogen (secondary N) is 2. The van der Waals surface area contributed by atoms with Gasteiger partial charge in [0.15, 0.2) is 0 Å². The van der Waals surface area contributed by atoms with Gasteiger partial charge in [-0.2, -0.15) is 0 Å². The molecule has 2 aliphatic rings. The van der Waals surface area contributed by atoms with Gasteiger partial charge in [-0.05, 0) is 101 Å². The molecule has 1 atom stereocenters. The van der Waals surface area contributed by atoms with Gasteiger partial charge < -0.3 is 25.5 Å². The zero-order valence-corrected chi connectivity index (χ0v) is 24.9. The normalized spacial score (nSPS) is 16.2. The van der Waals surface area contributed by atoms with Crippen LogP contribution in [0, 0.1) is 11.3 Å². The Morgan fingerprint density at radius 3 is 2.21 bits per heavy atom. The van der Waals surface area contributed by atoms with Crippen LogP contribution >= 0.6 is 0 Å². The minimum absolute atomic E-state index is 0.0195. The number of aldehydes is 1. The maximum Gasteiger partial charge on any atom is 0.251 e. The van der Waals surface area contributed by atoms with Gasteiger partial charge in [-0.3, -0.25) is 15.1 Å². The lowest BCUT2D eigenvalue weighted by Crippen LogP contribution is -2.39. The fourth-order valence-electron chi connectivity index (χ4n) is 5.07. The van der Waals surface area contributed by atoms with Crippen LogP contribution in [0.1, 0.15) is 58.8 Å². The van der Waals surface area contributed by atoms with Crippen molar-refractivity contribution in [2.75, 3.05) is 46.5 Å². The molecule has 0 radical (unpaired) electrons. The average molecular weight is 570 g/mol. The summed E-state index contributed by atoms with van der Waals surface area (Å²) in [6.07, 6.45) is 5.03. The molecule has 3 aromatic carbocycles. The fourth-order valence-corrected chi connectivity index (χ4v) is 5.07. The third-order valence-electron chi connectivity index (χ3n) is 7.44. The fraction of sp³-hybridized carbons (Fsp3) is 0.382. The minimum Gasteiger partial charge on any atom is -0.490 e. The number of hydrogen-bond donors (Lipinski definition) is 3. The molecule has 5 rings (SSSR count). The van der Waals surface area contributed by atoms with Gasteiger partial charge in [0, 0.05) is 35.5 Å². The van der Waals surface area contributed by atoms with E-state index in [2.05, 4.69) is 22.3 Å². The minimum atomic E-state index is -0.164. The van der Waals surface area contributed by atoms with Crippen LogP contribution in [0.2, 0.25) is 0 Å². The molecule has 2 fully saturated rings. The number of nitrogens with two attached hydrogens (primary N) is 1. The van der Waals surface area contributed by atoms with Crippen LogP contribution in [0.5, 0.6) is 5.75 Å². The first-order valence-corrected chi connectivity index (χ1v) is 14.6. The van der Waals surface area contributed by atoms with E-state index in [-0.39, 0.29) is 23.8 Å². The third-order valence-corrected chi connectivity index (χ3v) is 7.44. The number of nitrogen functional groups attached to an aromatic ring is 1. The van der Waals surface area contributed by atoms with Crippen molar-refractivity contribution in [1.82, 2.24) is 15.1 Å². The number of piperidine rings is 1. The number of carbonyl (C=O) groups excluding carboxylic acids is 2. The van der Waals surface area contributed by atoms with Crippen molar-refractivity contribution in [1.29, 1.82) is 5.41 Å². The van der Waals surface area contributed by atoms with Gasteiger partial charge in [0.1, 0.15) is 18.1 Å². The lowest BCUT2D eigenvalue weighted by molar-refractivity contribution is -0.109. The van der Waals surface area contributed by atoms with Crippen LogP contribution < -0.4 is 15.8 Å². The van der Waals surface area contributed by atoms with E-state index in [4.69, 9.17) is 15.9 Å². The van der Waals surface area contributed by atoms with E-state index in [0.29, 0.717) is 34.8 Å². The summed E-state index contributed by atoms with van der Waals surface area (Å²) >= 11 is 0. The highest BCUT2D eigenvalue weighted by Gasteiger charge is 2.33. The first-order valence-electron chi connectivity index (χ1n) is 14.6. The molecule has 1 amide bonds. The Kier molecular flexibility index (Phi) is 10.9. The third kappa shape index (κ3) is 8.74. The summed E-state index contributed by atoms with van der Waals surface area (Å²) < 4.78 is 6.13. The number of anilines is 1. The van der Waals surface area contributed by atoms with Crippen LogP contribution in [0.4, 0.5) is 5.69 Å². The molecule has 3 aromatic rings. The van der Waals surface area contributed by atoms with Crippen molar-refractivity contribution in [3.63, 3.8) is 0 Å². The van der Waals surface area contributed by atoms with Gasteiger partial charge in [-0.25, -0.2) is 0 Å². The largest absolute Gasteiger partial charge is 0.490 e. The Balaban J connectivity index is 0.000000952. The van der Waals surface area contributed by atoms with Crippen LogP contribution in [0.15, 0.2) is 72.8 Å². The lowest BCUT2D eigenvalue weighted by atomic mass is 9.97. The predicted octanol–water partition coefficient (Wildman–Crippen LogP) is 4.79. The van der Waals surface area contributed by atoms with E-state index in [1.54, 1.807) is 18.2 Å². The zero-order chi connectivity index (χ0) is 30.1. The Morgan fingerprint density at radius 1 is 1.00 bits per heavy atom. The van der Waals surface area contributed by atoms with Crippen molar-refractivity contribution in [2.45, 2.75) is 37.8 Å². The van der Waals surface area contributed by atoms with E-state index in [1.165, 1.54) is 0 Å². The summed E-state index contributed by atoms with van der Waals surface area (Å²) in [4.78, 5) is 28.1.